The van der Waals surface area contributed by atoms with E-state index >= 15 is 0 Å². The largest absolute Gasteiger partial charge is 0.375 e. The summed E-state index contributed by atoms with van der Waals surface area (Å²) in [7, 11) is 3.50. The van der Waals surface area contributed by atoms with Crippen molar-refractivity contribution in [2.45, 2.75) is 19.2 Å². The van der Waals surface area contributed by atoms with Crippen LogP contribution in [0.3, 0.4) is 0 Å². The highest BCUT2D eigenvalue weighted by Crippen LogP contribution is 2.15. The number of hydrogen-bond donors (Lipinski definition) is 2. The minimum atomic E-state index is -0.0353. The Hall–Kier alpha value is -3.12. The van der Waals surface area contributed by atoms with Crippen molar-refractivity contribution in [1.29, 1.82) is 0 Å². The van der Waals surface area contributed by atoms with Crippen LogP contribution in [0.2, 0.25) is 0 Å². The molecule has 3 rings (SSSR count). The summed E-state index contributed by atoms with van der Waals surface area (Å²) in [6.07, 6.45) is 3.73. The predicted octanol–water partition coefficient (Wildman–Crippen LogP) is 2.98. The van der Waals surface area contributed by atoms with E-state index < -0.39 is 0 Å². The third kappa shape index (κ3) is 5.44. The number of methoxy groups -OCH3 is 1. The van der Waals surface area contributed by atoms with Gasteiger partial charge in [-0.1, -0.05) is 54.6 Å². The average Bonchev–Trinajstić information content (AvgIpc) is 3.25. The van der Waals surface area contributed by atoms with Gasteiger partial charge in [0.1, 0.15) is 0 Å². The summed E-state index contributed by atoms with van der Waals surface area (Å²) in [5, 5.41) is 11.0. The van der Waals surface area contributed by atoms with Crippen LogP contribution >= 0.6 is 0 Å². The van der Waals surface area contributed by atoms with Gasteiger partial charge in [-0.3, -0.25) is 9.67 Å². The van der Waals surface area contributed by atoms with Gasteiger partial charge in [0.2, 0.25) is 0 Å². The molecule has 1 aromatic heterocycles. The molecule has 0 spiro atoms. The zero-order valence-electron chi connectivity index (χ0n) is 16.4. The Morgan fingerprint density at radius 2 is 1.79 bits per heavy atom. The molecule has 146 valence electrons. The summed E-state index contributed by atoms with van der Waals surface area (Å²) in [5.74, 6) is 0.742. The van der Waals surface area contributed by atoms with E-state index in [4.69, 9.17) is 4.74 Å². The summed E-state index contributed by atoms with van der Waals surface area (Å²) >= 11 is 0. The first-order valence-electron chi connectivity index (χ1n) is 9.36. The summed E-state index contributed by atoms with van der Waals surface area (Å²) < 4.78 is 7.54. The van der Waals surface area contributed by atoms with Crippen LogP contribution < -0.4 is 10.6 Å². The van der Waals surface area contributed by atoms with Crippen molar-refractivity contribution in [2.24, 2.45) is 4.99 Å². The average molecular weight is 377 g/mol. The highest BCUT2D eigenvalue weighted by atomic mass is 16.5. The number of benzene rings is 2. The van der Waals surface area contributed by atoms with Crippen molar-refractivity contribution in [2.75, 3.05) is 20.7 Å². The molecule has 0 saturated heterocycles. The highest BCUT2D eigenvalue weighted by Gasteiger charge is 2.11. The molecule has 0 radical (unpaired) electrons. The summed E-state index contributed by atoms with van der Waals surface area (Å²) in [6, 6.07) is 20.5. The minimum Gasteiger partial charge on any atom is -0.375 e. The molecule has 3 aromatic rings. The van der Waals surface area contributed by atoms with Crippen LogP contribution in [0.1, 0.15) is 22.8 Å². The SMILES string of the molecule is CN=C(NCc1ccccc1Cn1cccn1)NCC(OC)c1ccccc1. The molecule has 2 aromatic carbocycles. The number of hydrogen-bond acceptors (Lipinski definition) is 3. The number of rotatable bonds is 8. The third-order valence-electron chi connectivity index (χ3n) is 4.59. The number of aliphatic imine (C=N–C) groups is 1. The fraction of sp³-hybridized carbons (Fsp3) is 0.273. The summed E-state index contributed by atoms with van der Waals surface area (Å²) in [4.78, 5) is 4.33. The standard InChI is InChI=1S/C22H27N5O/c1-23-22(25-16-21(28-2)18-9-4-3-5-10-18)24-15-19-11-6-7-12-20(19)17-27-14-8-13-26-27/h3-14,21H,15-17H2,1-2H3,(H2,23,24,25). The van der Waals surface area contributed by atoms with E-state index in [2.05, 4.69) is 57.1 Å². The molecule has 2 N–H and O–H groups in total. The molecule has 0 saturated carbocycles. The van der Waals surface area contributed by atoms with E-state index in [1.807, 2.05) is 35.1 Å². The van der Waals surface area contributed by atoms with E-state index in [1.165, 1.54) is 11.1 Å². The zero-order valence-corrected chi connectivity index (χ0v) is 16.4. The van der Waals surface area contributed by atoms with E-state index in [0.29, 0.717) is 13.1 Å². The van der Waals surface area contributed by atoms with Crippen molar-refractivity contribution >= 4 is 5.96 Å². The topological polar surface area (TPSA) is 63.5 Å². The molecule has 1 unspecified atom stereocenters. The Morgan fingerprint density at radius 3 is 2.46 bits per heavy atom. The predicted molar refractivity (Wildman–Crippen MR) is 112 cm³/mol. The molecule has 6 heteroatoms. The number of nitrogens with zero attached hydrogens (tertiary/aromatic N) is 3. The first-order chi connectivity index (χ1) is 13.8. The second-order valence-electron chi connectivity index (χ2n) is 6.41. The van der Waals surface area contributed by atoms with Gasteiger partial charge in [-0.25, -0.2) is 0 Å². The quantitative estimate of drug-likeness (QED) is 0.468. The number of aromatic nitrogens is 2. The van der Waals surface area contributed by atoms with E-state index in [-0.39, 0.29) is 6.10 Å². The van der Waals surface area contributed by atoms with Gasteiger partial charge in [-0.2, -0.15) is 5.10 Å². The molecular weight excluding hydrogens is 350 g/mol. The molecule has 1 heterocycles. The van der Waals surface area contributed by atoms with Crippen LogP contribution in [-0.2, 0) is 17.8 Å². The number of guanidine groups is 1. The van der Waals surface area contributed by atoms with E-state index in [1.54, 1.807) is 20.4 Å². The lowest BCUT2D eigenvalue weighted by molar-refractivity contribution is 0.106. The Kier molecular flexibility index (Phi) is 7.21. The van der Waals surface area contributed by atoms with Crippen LogP contribution in [0, 0.1) is 0 Å². The van der Waals surface area contributed by atoms with E-state index in [0.717, 1.165) is 18.1 Å². The first-order valence-corrected chi connectivity index (χ1v) is 9.36. The first kappa shape index (κ1) is 19.6. The molecule has 1 atom stereocenters. The van der Waals surface area contributed by atoms with Gasteiger partial charge >= 0.3 is 0 Å². The van der Waals surface area contributed by atoms with Gasteiger partial charge in [0.05, 0.1) is 12.6 Å². The van der Waals surface area contributed by atoms with Gasteiger partial charge in [0, 0.05) is 39.6 Å². The summed E-state index contributed by atoms with van der Waals surface area (Å²) in [5.41, 5.74) is 3.58. The monoisotopic (exact) mass is 377 g/mol. The Morgan fingerprint density at radius 1 is 1.04 bits per heavy atom. The molecule has 0 aliphatic rings. The van der Waals surface area contributed by atoms with Gasteiger partial charge in [-0.05, 0) is 22.8 Å². The second kappa shape index (κ2) is 10.3. The Bertz CT molecular complexity index is 862. The van der Waals surface area contributed by atoms with Crippen molar-refractivity contribution in [1.82, 2.24) is 20.4 Å². The van der Waals surface area contributed by atoms with Crippen molar-refractivity contribution < 1.29 is 4.74 Å². The fourth-order valence-corrected chi connectivity index (χ4v) is 3.05. The molecule has 0 amide bonds. The van der Waals surface area contributed by atoms with Crippen molar-refractivity contribution in [3.8, 4) is 0 Å². The molecule has 0 fully saturated rings. The van der Waals surface area contributed by atoms with Crippen LogP contribution in [0.4, 0.5) is 0 Å². The highest BCUT2D eigenvalue weighted by molar-refractivity contribution is 5.79. The van der Waals surface area contributed by atoms with Gasteiger partial charge in [-0.15, -0.1) is 0 Å². The molecule has 0 bridgehead atoms. The lowest BCUT2D eigenvalue weighted by atomic mass is 10.1. The van der Waals surface area contributed by atoms with Crippen LogP contribution in [0.15, 0.2) is 78.0 Å². The van der Waals surface area contributed by atoms with Gasteiger partial charge in [0.25, 0.3) is 0 Å². The summed E-state index contributed by atoms with van der Waals surface area (Å²) in [6.45, 7) is 2.06. The molecule has 0 aliphatic carbocycles. The lowest BCUT2D eigenvalue weighted by Crippen LogP contribution is -2.39. The normalized spacial score (nSPS) is 12.6. The zero-order chi connectivity index (χ0) is 19.6. The number of nitrogens with one attached hydrogen (secondary N) is 2. The number of ether oxygens (including phenoxy) is 1. The second-order valence-corrected chi connectivity index (χ2v) is 6.41. The molecular formula is C22H27N5O. The maximum absolute atomic E-state index is 5.62. The van der Waals surface area contributed by atoms with Gasteiger partial charge < -0.3 is 15.4 Å². The Balaban J connectivity index is 1.57. The fourth-order valence-electron chi connectivity index (χ4n) is 3.05. The lowest BCUT2D eigenvalue weighted by Gasteiger charge is -2.19. The molecule has 28 heavy (non-hydrogen) atoms. The van der Waals surface area contributed by atoms with Gasteiger partial charge in [0.15, 0.2) is 5.96 Å². The van der Waals surface area contributed by atoms with Crippen LogP contribution in [0.5, 0.6) is 0 Å². The van der Waals surface area contributed by atoms with Crippen molar-refractivity contribution in [3.05, 3.63) is 89.7 Å². The van der Waals surface area contributed by atoms with Crippen molar-refractivity contribution in [3.63, 3.8) is 0 Å². The smallest absolute Gasteiger partial charge is 0.191 e. The van der Waals surface area contributed by atoms with E-state index in [9.17, 15) is 0 Å². The Labute approximate surface area is 166 Å². The maximum atomic E-state index is 5.62. The molecule has 0 aliphatic heterocycles. The maximum Gasteiger partial charge on any atom is 0.191 e. The molecule has 6 nitrogen and oxygen atoms in total. The van der Waals surface area contributed by atoms with Crippen LogP contribution in [0.25, 0.3) is 0 Å². The third-order valence-corrected chi connectivity index (χ3v) is 4.59. The van der Waals surface area contributed by atoms with Crippen LogP contribution in [-0.4, -0.2) is 36.4 Å². The minimum absolute atomic E-state index is 0.0353.